The first-order valence-electron chi connectivity index (χ1n) is 9.25. The molecule has 1 unspecified atom stereocenters. The van der Waals surface area contributed by atoms with Crippen LogP contribution in [-0.4, -0.2) is 53.3 Å². The topological polar surface area (TPSA) is 62.2 Å². The van der Waals surface area contributed by atoms with E-state index in [2.05, 4.69) is 58.9 Å². The van der Waals surface area contributed by atoms with Crippen molar-refractivity contribution in [1.29, 1.82) is 0 Å². The summed E-state index contributed by atoms with van der Waals surface area (Å²) in [4.78, 5) is 15.0. The summed E-state index contributed by atoms with van der Waals surface area (Å²) in [7, 11) is 4.00. The van der Waals surface area contributed by atoms with Crippen LogP contribution in [0.3, 0.4) is 0 Å². The van der Waals surface area contributed by atoms with Gasteiger partial charge in [0.05, 0.1) is 12.1 Å². The van der Waals surface area contributed by atoms with Crippen LogP contribution in [0.4, 0.5) is 0 Å². The second-order valence-corrected chi connectivity index (χ2v) is 7.31. The standard InChI is InChI=1S/C20H29N5O/c1-15(24(2)13-16-7-5-4-6-8-16)9-22-20(26)19-12-21-11-18(19)17-10-23-25(3)14-17/h4-8,10,14-15,18-19,21H,9,11-13H2,1-3H3,(H,22,26)/t15?,18-,19+/m1/s1. The number of aromatic nitrogens is 2. The summed E-state index contributed by atoms with van der Waals surface area (Å²) >= 11 is 0. The van der Waals surface area contributed by atoms with E-state index in [1.807, 2.05) is 25.5 Å². The number of likely N-dealkylation sites (N-methyl/N-ethyl adjacent to an activating group) is 1. The first kappa shape index (κ1) is 18.6. The third-order valence-corrected chi connectivity index (χ3v) is 5.30. The normalized spacial score (nSPS) is 21.1. The molecule has 1 aliphatic heterocycles. The van der Waals surface area contributed by atoms with E-state index in [0.717, 1.165) is 25.2 Å². The van der Waals surface area contributed by atoms with Gasteiger partial charge in [-0.1, -0.05) is 30.3 Å². The first-order valence-corrected chi connectivity index (χ1v) is 9.25. The van der Waals surface area contributed by atoms with Crippen molar-refractivity contribution in [2.45, 2.75) is 25.4 Å². The monoisotopic (exact) mass is 355 g/mol. The lowest BCUT2D eigenvalue weighted by Crippen LogP contribution is -2.43. The second-order valence-electron chi connectivity index (χ2n) is 7.31. The van der Waals surface area contributed by atoms with Crippen LogP contribution in [0.1, 0.15) is 24.0 Å². The largest absolute Gasteiger partial charge is 0.354 e. The molecule has 1 aromatic carbocycles. The average molecular weight is 355 g/mol. The number of amides is 1. The molecule has 1 aromatic heterocycles. The van der Waals surface area contributed by atoms with Crippen molar-refractivity contribution < 1.29 is 4.79 Å². The van der Waals surface area contributed by atoms with Crippen LogP contribution in [-0.2, 0) is 18.4 Å². The van der Waals surface area contributed by atoms with Gasteiger partial charge in [-0.2, -0.15) is 5.10 Å². The summed E-state index contributed by atoms with van der Waals surface area (Å²) in [5.74, 6) is 0.288. The minimum atomic E-state index is -0.0363. The SMILES string of the molecule is CC(CNC(=O)[C@H]1CNC[C@@H]1c1cnn(C)c1)N(C)Cc1ccccc1. The molecule has 1 saturated heterocycles. The van der Waals surface area contributed by atoms with Gasteiger partial charge in [-0.05, 0) is 25.1 Å². The van der Waals surface area contributed by atoms with Crippen LogP contribution in [0.5, 0.6) is 0 Å². The van der Waals surface area contributed by atoms with Gasteiger partial charge in [0.15, 0.2) is 0 Å². The third kappa shape index (κ3) is 4.51. The molecule has 3 rings (SSSR count). The Morgan fingerprint density at radius 1 is 1.38 bits per heavy atom. The van der Waals surface area contributed by atoms with Gasteiger partial charge in [0, 0.05) is 51.4 Å². The molecular formula is C20H29N5O. The summed E-state index contributed by atoms with van der Waals surface area (Å²) in [6.07, 6.45) is 3.88. The number of carbonyl (C=O) groups is 1. The van der Waals surface area contributed by atoms with E-state index >= 15 is 0 Å². The van der Waals surface area contributed by atoms with E-state index in [-0.39, 0.29) is 23.8 Å². The Labute approximate surface area is 155 Å². The Bertz CT molecular complexity index is 714. The Morgan fingerprint density at radius 3 is 2.85 bits per heavy atom. The van der Waals surface area contributed by atoms with Gasteiger partial charge in [-0.15, -0.1) is 0 Å². The minimum absolute atomic E-state index is 0.0363. The van der Waals surface area contributed by atoms with Crippen molar-refractivity contribution in [1.82, 2.24) is 25.3 Å². The molecule has 1 fully saturated rings. The molecule has 0 bridgehead atoms. The number of aryl methyl sites for hydroxylation is 1. The fourth-order valence-electron chi connectivity index (χ4n) is 3.50. The van der Waals surface area contributed by atoms with Gasteiger partial charge in [0.1, 0.15) is 0 Å². The number of nitrogens with zero attached hydrogens (tertiary/aromatic N) is 3. The van der Waals surface area contributed by atoms with Crippen LogP contribution in [0, 0.1) is 5.92 Å². The van der Waals surface area contributed by atoms with Crippen LogP contribution in [0.25, 0.3) is 0 Å². The Balaban J connectivity index is 1.51. The smallest absolute Gasteiger partial charge is 0.225 e. The van der Waals surface area contributed by atoms with Crippen LogP contribution in [0.2, 0.25) is 0 Å². The highest BCUT2D eigenvalue weighted by Gasteiger charge is 2.34. The second kappa shape index (κ2) is 8.47. The maximum absolute atomic E-state index is 12.7. The number of nitrogens with one attached hydrogen (secondary N) is 2. The quantitative estimate of drug-likeness (QED) is 0.787. The molecule has 0 aliphatic carbocycles. The Hall–Kier alpha value is -2.18. The van der Waals surface area contributed by atoms with Gasteiger partial charge < -0.3 is 10.6 Å². The van der Waals surface area contributed by atoms with Gasteiger partial charge in [-0.25, -0.2) is 0 Å². The van der Waals surface area contributed by atoms with E-state index in [0.29, 0.717) is 6.54 Å². The molecule has 6 nitrogen and oxygen atoms in total. The molecule has 2 heterocycles. The molecule has 0 radical (unpaired) electrons. The highest BCUT2D eigenvalue weighted by atomic mass is 16.1. The van der Waals surface area contributed by atoms with E-state index in [1.54, 1.807) is 4.68 Å². The molecule has 0 spiro atoms. The van der Waals surface area contributed by atoms with Gasteiger partial charge >= 0.3 is 0 Å². The number of hydrogen-bond donors (Lipinski definition) is 2. The summed E-state index contributed by atoms with van der Waals surface area (Å²) in [5.41, 5.74) is 2.41. The van der Waals surface area contributed by atoms with E-state index in [4.69, 9.17) is 0 Å². The van der Waals surface area contributed by atoms with Crippen molar-refractivity contribution in [3.63, 3.8) is 0 Å². The molecule has 0 saturated carbocycles. The Morgan fingerprint density at radius 2 is 2.15 bits per heavy atom. The lowest BCUT2D eigenvalue weighted by molar-refractivity contribution is -0.125. The van der Waals surface area contributed by atoms with Crippen LogP contribution < -0.4 is 10.6 Å². The fourth-order valence-corrected chi connectivity index (χ4v) is 3.50. The van der Waals surface area contributed by atoms with Crippen LogP contribution >= 0.6 is 0 Å². The van der Waals surface area contributed by atoms with Crippen molar-refractivity contribution in [3.8, 4) is 0 Å². The zero-order chi connectivity index (χ0) is 18.5. The third-order valence-electron chi connectivity index (χ3n) is 5.30. The number of benzene rings is 1. The molecule has 1 aliphatic rings. The fraction of sp³-hybridized carbons (Fsp3) is 0.500. The van der Waals surface area contributed by atoms with Crippen molar-refractivity contribution in [2.75, 3.05) is 26.7 Å². The maximum Gasteiger partial charge on any atom is 0.225 e. The lowest BCUT2D eigenvalue weighted by Gasteiger charge is -2.26. The van der Waals surface area contributed by atoms with Gasteiger partial charge in [0.2, 0.25) is 5.91 Å². The predicted molar refractivity (Wildman–Crippen MR) is 103 cm³/mol. The molecule has 1 amide bonds. The number of rotatable bonds is 7. The highest BCUT2D eigenvalue weighted by Crippen LogP contribution is 2.27. The average Bonchev–Trinajstić information content (AvgIpc) is 3.28. The highest BCUT2D eigenvalue weighted by molar-refractivity contribution is 5.80. The zero-order valence-corrected chi connectivity index (χ0v) is 15.9. The number of carbonyl (C=O) groups excluding carboxylic acids is 1. The summed E-state index contributed by atoms with van der Waals surface area (Å²) in [6, 6.07) is 10.7. The molecule has 140 valence electrons. The number of hydrogen-bond acceptors (Lipinski definition) is 4. The van der Waals surface area contributed by atoms with Gasteiger partial charge in [0.25, 0.3) is 0 Å². The summed E-state index contributed by atoms with van der Waals surface area (Å²) in [5, 5.41) is 10.7. The predicted octanol–water partition coefficient (Wildman–Crippen LogP) is 1.36. The van der Waals surface area contributed by atoms with E-state index in [1.165, 1.54) is 5.56 Å². The molecule has 6 heteroatoms. The van der Waals surface area contributed by atoms with Gasteiger partial charge in [-0.3, -0.25) is 14.4 Å². The first-order chi connectivity index (χ1) is 12.5. The molecule has 2 aromatic rings. The van der Waals surface area contributed by atoms with Crippen LogP contribution in [0.15, 0.2) is 42.7 Å². The minimum Gasteiger partial charge on any atom is -0.354 e. The molecule has 2 N–H and O–H groups in total. The maximum atomic E-state index is 12.7. The summed E-state index contributed by atoms with van der Waals surface area (Å²) < 4.78 is 1.79. The molecule has 3 atom stereocenters. The van der Waals surface area contributed by atoms with Crippen molar-refractivity contribution >= 4 is 5.91 Å². The zero-order valence-electron chi connectivity index (χ0n) is 15.9. The van der Waals surface area contributed by atoms with Crippen molar-refractivity contribution in [3.05, 3.63) is 53.9 Å². The van der Waals surface area contributed by atoms with E-state index < -0.39 is 0 Å². The summed E-state index contributed by atoms with van der Waals surface area (Å²) in [6.45, 7) is 5.22. The molecular weight excluding hydrogens is 326 g/mol. The molecule has 26 heavy (non-hydrogen) atoms. The van der Waals surface area contributed by atoms with E-state index in [9.17, 15) is 4.79 Å². The van der Waals surface area contributed by atoms with Crippen molar-refractivity contribution in [2.24, 2.45) is 13.0 Å². The lowest BCUT2D eigenvalue weighted by atomic mass is 9.90. The Kier molecular flexibility index (Phi) is 6.06.